The van der Waals surface area contributed by atoms with Gasteiger partial charge in [-0.2, -0.15) is 0 Å². The lowest BCUT2D eigenvalue weighted by Crippen LogP contribution is -2.41. The maximum absolute atomic E-state index is 12.6. The van der Waals surface area contributed by atoms with E-state index in [0.29, 0.717) is 0 Å². The summed E-state index contributed by atoms with van der Waals surface area (Å²) in [5, 5.41) is 3.11. The van der Waals surface area contributed by atoms with Crippen LogP contribution in [0.25, 0.3) is 0 Å². The van der Waals surface area contributed by atoms with Gasteiger partial charge in [0.1, 0.15) is 0 Å². The molecular formula is C18H20BrNO. The Kier molecular flexibility index (Phi) is 4.84. The van der Waals surface area contributed by atoms with Gasteiger partial charge < -0.3 is 5.32 Å². The number of benzene rings is 2. The number of nitrogens with one attached hydrogen (secondary N) is 1. The molecule has 1 unspecified atom stereocenters. The monoisotopic (exact) mass is 345 g/mol. The van der Waals surface area contributed by atoms with E-state index >= 15 is 0 Å². The Labute approximate surface area is 134 Å². The number of amides is 1. The van der Waals surface area contributed by atoms with Crippen molar-refractivity contribution >= 4 is 21.8 Å². The van der Waals surface area contributed by atoms with Crippen molar-refractivity contribution in [2.24, 2.45) is 0 Å². The molecule has 21 heavy (non-hydrogen) atoms. The van der Waals surface area contributed by atoms with Gasteiger partial charge in [0.2, 0.25) is 5.91 Å². The van der Waals surface area contributed by atoms with E-state index in [1.165, 1.54) is 0 Å². The Morgan fingerprint density at radius 3 is 2.24 bits per heavy atom. The third-order valence-electron chi connectivity index (χ3n) is 3.78. The van der Waals surface area contributed by atoms with Gasteiger partial charge in [-0.15, -0.1) is 0 Å². The number of hydrogen-bond acceptors (Lipinski definition) is 1. The van der Waals surface area contributed by atoms with Crippen LogP contribution in [0.1, 0.15) is 37.9 Å². The minimum Gasteiger partial charge on any atom is -0.349 e. The van der Waals surface area contributed by atoms with Crippen LogP contribution < -0.4 is 5.32 Å². The van der Waals surface area contributed by atoms with Gasteiger partial charge in [-0.25, -0.2) is 0 Å². The zero-order valence-electron chi connectivity index (χ0n) is 12.6. The largest absolute Gasteiger partial charge is 0.349 e. The molecule has 0 fully saturated rings. The Bertz CT molecular complexity index is 622. The second kappa shape index (κ2) is 6.44. The highest BCUT2D eigenvalue weighted by Gasteiger charge is 2.30. The van der Waals surface area contributed by atoms with E-state index in [1.54, 1.807) is 0 Å². The number of carbonyl (C=O) groups is 1. The molecular weight excluding hydrogens is 326 g/mol. The normalized spacial score (nSPS) is 12.8. The van der Waals surface area contributed by atoms with Crippen LogP contribution in [0.4, 0.5) is 0 Å². The summed E-state index contributed by atoms with van der Waals surface area (Å²) in [4.78, 5) is 12.6. The number of carbonyl (C=O) groups excluding carboxylic acids is 1. The highest BCUT2D eigenvalue weighted by Crippen LogP contribution is 2.27. The first-order chi connectivity index (χ1) is 9.93. The Morgan fingerprint density at radius 2 is 1.62 bits per heavy atom. The zero-order chi connectivity index (χ0) is 15.5. The van der Waals surface area contributed by atoms with E-state index in [4.69, 9.17) is 0 Å². The third kappa shape index (κ3) is 3.53. The second-order valence-corrected chi connectivity index (χ2v) is 6.56. The average molecular weight is 346 g/mol. The SMILES string of the molecule is CC(NC(=O)C(C)(C)c1ccccc1)c1ccccc1Br. The highest BCUT2D eigenvalue weighted by molar-refractivity contribution is 9.10. The molecule has 0 radical (unpaired) electrons. The third-order valence-corrected chi connectivity index (χ3v) is 4.50. The summed E-state index contributed by atoms with van der Waals surface area (Å²) in [7, 11) is 0. The van der Waals surface area contributed by atoms with Crippen LogP contribution >= 0.6 is 15.9 Å². The van der Waals surface area contributed by atoms with Crippen molar-refractivity contribution in [1.82, 2.24) is 5.32 Å². The quantitative estimate of drug-likeness (QED) is 0.861. The Morgan fingerprint density at radius 1 is 1.05 bits per heavy atom. The summed E-state index contributed by atoms with van der Waals surface area (Å²) in [6, 6.07) is 17.8. The highest BCUT2D eigenvalue weighted by atomic mass is 79.9. The number of rotatable bonds is 4. The van der Waals surface area contributed by atoms with Crippen LogP contribution in [0.15, 0.2) is 59.1 Å². The fraction of sp³-hybridized carbons (Fsp3) is 0.278. The fourth-order valence-corrected chi connectivity index (χ4v) is 2.90. The number of halogens is 1. The molecule has 2 nitrogen and oxygen atoms in total. The lowest BCUT2D eigenvalue weighted by Gasteiger charge is -2.27. The van der Waals surface area contributed by atoms with E-state index in [9.17, 15) is 4.79 Å². The van der Waals surface area contributed by atoms with Crippen LogP contribution in [0.5, 0.6) is 0 Å². The first kappa shape index (κ1) is 15.8. The summed E-state index contributed by atoms with van der Waals surface area (Å²) in [5.74, 6) is 0.0250. The van der Waals surface area contributed by atoms with Crippen molar-refractivity contribution in [2.75, 3.05) is 0 Å². The van der Waals surface area contributed by atoms with Gasteiger partial charge in [0.05, 0.1) is 11.5 Å². The predicted molar refractivity (Wildman–Crippen MR) is 90.2 cm³/mol. The van der Waals surface area contributed by atoms with Crippen molar-refractivity contribution in [3.05, 3.63) is 70.2 Å². The summed E-state index contributed by atoms with van der Waals surface area (Å²) >= 11 is 3.53. The first-order valence-corrected chi connectivity index (χ1v) is 7.83. The van der Waals surface area contributed by atoms with Crippen LogP contribution in [-0.4, -0.2) is 5.91 Å². The van der Waals surface area contributed by atoms with Gasteiger partial charge in [0.15, 0.2) is 0 Å². The molecule has 0 aliphatic carbocycles. The van der Waals surface area contributed by atoms with Crippen molar-refractivity contribution in [3.63, 3.8) is 0 Å². The van der Waals surface area contributed by atoms with Gasteiger partial charge >= 0.3 is 0 Å². The van der Waals surface area contributed by atoms with Gasteiger partial charge in [-0.1, -0.05) is 64.5 Å². The van der Waals surface area contributed by atoms with Crippen LogP contribution in [-0.2, 0) is 10.2 Å². The standard InChI is InChI=1S/C18H20BrNO/c1-13(15-11-7-8-12-16(15)19)20-17(21)18(2,3)14-9-5-4-6-10-14/h4-13H,1-3H3,(H,20,21). The molecule has 1 N–H and O–H groups in total. The minimum absolute atomic E-state index is 0.0250. The van der Waals surface area contributed by atoms with Gasteiger partial charge in [-0.05, 0) is 38.0 Å². The van der Waals surface area contributed by atoms with Crippen molar-refractivity contribution in [3.8, 4) is 0 Å². The maximum atomic E-state index is 12.6. The topological polar surface area (TPSA) is 29.1 Å². The molecule has 0 spiro atoms. The summed E-state index contributed by atoms with van der Waals surface area (Å²) in [6.07, 6.45) is 0. The summed E-state index contributed by atoms with van der Waals surface area (Å²) < 4.78 is 1.01. The van der Waals surface area contributed by atoms with E-state index in [2.05, 4.69) is 21.2 Å². The van der Waals surface area contributed by atoms with Crippen LogP contribution in [0, 0.1) is 0 Å². The molecule has 0 saturated heterocycles. The zero-order valence-corrected chi connectivity index (χ0v) is 14.1. The molecule has 2 rings (SSSR count). The molecule has 3 heteroatoms. The molecule has 110 valence electrons. The second-order valence-electron chi connectivity index (χ2n) is 5.71. The smallest absolute Gasteiger partial charge is 0.230 e. The maximum Gasteiger partial charge on any atom is 0.230 e. The molecule has 1 amide bonds. The summed E-state index contributed by atoms with van der Waals surface area (Å²) in [6.45, 7) is 5.90. The van der Waals surface area contributed by atoms with Crippen LogP contribution in [0.3, 0.4) is 0 Å². The molecule has 0 heterocycles. The molecule has 0 bridgehead atoms. The van der Waals surface area contributed by atoms with Crippen molar-refractivity contribution in [1.29, 1.82) is 0 Å². The summed E-state index contributed by atoms with van der Waals surface area (Å²) in [5.41, 5.74) is 1.54. The first-order valence-electron chi connectivity index (χ1n) is 7.04. The molecule has 2 aromatic rings. The molecule has 2 aromatic carbocycles. The van der Waals surface area contributed by atoms with Gasteiger partial charge in [-0.3, -0.25) is 4.79 Å². The minimum atomic E-state index is -0.559. The van der Waals surface area contributed by atoms with E-state index < -0.39 is 5.41 Å². The Hall–Kier alpha value is -1.61. The lowest BCUT2D eigenvalue weighted by atomic mass is 9.83. The average Bonchev–Trinajstić information content (AvgIpc) is 2.48. The lowest BCUT2D eigenvalue weighted by molar-refractivity contribution is -0.126. The molecule has 0 aliphatic rings. The number of hydrogen-bond donors (Lipinski definition) is 1. The van der Waals surface area contributed by atoms with E-state index in [0.717, 1.165) is 15.6 Å². The Balaban J connectivity index is 2.16. The van der Waals surface area contributed by atoms with Gasteiger partial charge in [0, 0.05) is 4.47 Å². The molecule has 0 saturated carbocycles. The fourth-order valence-electron chi connectivity index (χ4n) is 2.27. The van der Waals surface area contributed by atoms with E-state index in [1.807, 2.05) is 75.4 Å². The molecule has 0 aliphatic heterocycles. The van der Waals surface area contributed by atoms with Crippen molar-refractivity contribution in [2.45, 2.75) is 32.2 Å². The van der Waals surface area contributed by atoms with Gasteiger partial charge in [0.25, 0.3) is 0 Å². The van der Waals surface area contributed by atoms with Crippen LogP contribution in [0.2, 0.25) is 0 Å². The molecule has 1 atom stereocenters. The predicted octanol–water partition coefficient (Wildman–Crippen LogP) is 4.60. The van der Waals surface area contributed by atoms with Crippen molar-refractivity contribution < 1.29 is 4.79 Å². The van der Waals surface area contributed by atoms with E-state index in [-0.39, 0.29) is 11.9 Å². The molecule has 0 aromatic heterocycles.